The van der Waals surface area contributed by atoms with Crippen molar-refractivity contribution >= 4 is 17.4 Å². The number of carbonyl (C=O) groups is 2. The van der Waals surface area contributed by atoms with E-state index in [1.54, 1.807) is 24.3 Å². The molecule has 4 rings (SSSR count). The summed E-state index contributed by atoms with van der Waals surface area (Å²) in [5.41, 5.74) is 1.27. The maximum atomic E-state index is 13.0. The number of allylic oxidation sites excluding steroid dienone is 4. The molecule has 168 valence electrons. The molecule has 2 amide bonds. The summed E-state index contributed by atoms with van der Waals surface area (Å²) < 4.78 is 10.7. The smallest absolute Gasteiger partial charge is 0.257 e. The van der Waals surface area contributed by atoms with Crippen LogP contribution in [0.5, 0.6) is 5.75 Å². The van der Waals surface area contributed by atoms with E-state index in [1.807, 2.05) is 25.2 Å². The van der Waals surface area contributed by atoms with Gasteiger partial charge in [-0.2, -0.15) is 4.98 Å². The molecule has 1 aliphatic carbocycles. The van der Waals surface area contributed by atoms with Crippen LogP contribution < -0.4 is 10.1 Å². The lowest BCUT2D eigenvalue weighted by Crippen LogP contribution is -2.45. The van der Waals surface area contributed by atoms with Gasteiger partial charge in [0.05, 0.1) is 19.3 Å². The van der Waals surface area contributed by atoms with Crippen molar-refractivity contribution in [3.05, 3.63) is 59.8 Å². The number of aliphatic hydroxyl groups excluding tert-OH is 1. The van der Waals surface area contributed by atoms with Gasteiger partial charge >= 0.3 is 0 Å². The van der Waals surface area contributed by atoms with Gasteiger partial charge in [-0.05, 0) is 38.0 Å². The summed E-state index contributed by atoms with van der Waals surface area (Å²) in [7, 11) is 0. The molecule has 1 aromatic heterocycles. The molecule has 0 bridgehead atoms. The Hall–Kier alpha value is -3.46. The molecule has 1 fully saturated rings. The van der Waals surface area contributed by atoms with Gasteiger partial charge in [-0.1, -0.05) is 29.5 Å². The average Bonchev–Trinajstić information content (AvgIpc) is 3.45. The fourth-order valence-corrected chi connectivity index (χ4v) is 3.84. The average molecular weight is 438 g/mol. The first-order valence-electron chi connectivity index (χ1n) is 10.7. The van der Waals surface area contributed by atoms with E-state index in [-0.39, 0.29) is 31.3 Å². The van der Waals surface area contributed by atoms with Crippen molar-refractivity contribution in [3.8, 4) is 5.75 Å². The van der Waals surface area contributed by atoms with E-state index < -0.39 is 12.1 Å². The third-order valence-corrected chi connectivity index (χ3v) is 5.37. The number of aliphatic hydroxyl groups is 1. The zero-order valence-electron chi connectivity index (χ0n) is 17.9. The number of benzene rings is 1. The minimum Gasteiger partial charge on any atom is -0.494 e. The standard InChI is InChI=1S/C23H26N4O5/c1-2-31-18-10-6-9-16(11-18)23(30)27-14-17(28)12-19(27)21(29)24-13-20-25-22(32-26-20)15-7-4-3-5-8-15/h4,6-11,17,19,28H,2-3,5,12-14H2,1H3,(H,24,29)/t17-,19+/m1/s1. The number of aromatic nitrogens is 2. The van der Waals surface area contributed by atoms with Crippen molar-refractivity contribution in [2.45, 2.75) is 44.9 Å². The number of nitrogens with zero attached hydrogens (tertiary/aromatic N) is 3. The van der Waals surface area contributed by atoms with Gasteiger partial charge in [-0.15, -0.1) is 0 Å². The highest BCUT2D eigenvalue weighted by Gasteiger charge is 2.39. The second kappa shape index (κ2) is 9.78. The highest BCUT2D eigenvalue weighted by Crippen LogP contribution is 2.23. The number of β-amino-alcohol motifs (C(OH)–C–C–N with tert-alkyl or cyclic N) is 1. The second-order valence-electron chi connectivity index (χ2n) is 7.70. The van der Waals surface area contributed by atoms with Crippen LogP contribution in [0.4, 0.5) is 0 Å². The van der Waals surface area contributed by atoms with Gasteiger partial charge in [0, 0.05) is 24.1 Å². The first-order chi connectivity index (χ1) is 15.5. The lowest BCUT2D eigenvalue weighted by molar-refractivity contribution is -0.125. The van der Waals surface area contributed by atoms with E-state index in [4.69, 9.17) is 9.26 Å². The summed E-state index contributed by atoms with van der Waals surface area (Å²) in [5.74, 6) is 0.622. The topological polar surface area (TPSA) is 118 Å². The molecule has 2 aliphatic rings. The van der Waals surface area contributed by atoms with E-state index in [2.05, 4.69) is 15.5 Å². The molecular weight excluding hydrogens is 412 g/mol. The second-order valence-corrected chi connectivity index (χ2v) is 7.70. The number of rotatable bonds is 7. The zero-order chi connectivity index (χ0) is 22.5. The van der Waals surface area contributed by atoms with Crippen molar-refractivity contribution in [3.63, 3.8) is 0 Å². The van der Waals surface area contributed by atoms with Gasteiger partial charge in [0.15, 0.2) is 5.82 Å². The summed E-state index contributed by atoms with van der Waals surface area (Å²) in [6.45, 7) is 2.49. The summed E-state index contributed by atoms with van der Waals surface area (Å²) in [5, 5.41) is 16.8. The van der Waals surface area contributed by atoms with Gasteiger partial charge < -0.3 is 24.6 Å². The fraction of sp³-hybridized carbons (Fsp3) is 0.391. The fourth-order valence-electron chi connectivity index (χ4n) is 3.84. The van der Waals surface area contributed by atoms with Gasteiger partial charge in [-0.3, -0.25) is 9.59 Å². The molecule has 2 N–H and O–H groups in total. The minimum absolute atomic E-state index is 0.0633. The molecule has 2 atom stereocenters. The summed E-state index contributed by atoms with van der Waals surface area (Å²) in [6.07, 6.45) is 7.30. The molecule has 0 unspecified atom stereocenters. The normalized spacial score (nSPS) is 20.2. The van der Waals surface area contributed by atoms with Crippen LogP contribution in [-0.2, 0) is 11.3 Å². The molecule has 9 heteroatoms. The quantitative estimate of drug-likeness (QED) is 0.680. The lowest BCUT2D eigenvalue weighted by atomic mass is 10.1. The van der Waals surface area contributed by atoms with E-state index in [0.717, 1.165) is 18.4 Å². The maximum absolute atomic E-state index is 13.0. The van der Waals surface area contributed by atoms with E-state index in [9.17, 15) is 14.7 Å². The van der Waals surface area contributed by atoms with E-state index >= 15 is 0 Å². The zero-order valence-corrected chi connectivity index (χ0v) is 17.9. The molecule has 0 radical (unpaired) electrons. The van der Waals surface area contributed by atoms with Crippen molar-refractivity contribution in [1.29, 1.82) is 0 Å². The van der Waals surface area contributed by atoms with Crippen LogP contribution in [-0.4, -0.2) is 57.3 Å². The highest BCUT2D eigenvalue weighted by atomic mass is 16.5. The maximum Gasteiger partial charge on any atom is 0.257 e. The Morgan fingerprint density at radius 2 is 2.22 bits per heavy atom. The molecule has 0 saturated carbocycles. The highest BCUT2D eigenvalue weighted by molar-refractivity contribution is 5.98. The minimum atomic E-state index is -0.788. The first kappa shape index (κ1) is 21.8. The predicted octanol–water partition coefficient (Wildman–Crippen LogP) is 2.09. The van der Waals surface area contributed by atoms with Crippen molar-refractivity contribution in [2.24, 2.45) is 0 Å². The van der Waals surface area contributed by atoms with Crippen LogP contribution in [0, 0.1) is 0 Å². The Labute approximate surface area is 185 Å². The molecule has 9 nitrogen and oxygen atoms in total. The molecule has 2 heterocycles. The number of nitrogens with one attached hydrogen (secondary N) is 1. The van der Waals surface area contributed by atoms with Crippen LogP contribution in [0.1, 0.15) is 48.3 Å². The Kier molecular flexibility index (Phi) is 6.65. The third-order valence-electron chi connectivity index (χ3n) is 5.37. The summed E-state index contributed by atoms with van der Waals surface area (Å²) in [6, 6.07) is 6.01. The number of hydrogen-bond donors (Lipinski definition) is 2. The Balaban J connectivity index is 1.40. The molecule has 1 saturated heterocycles. The predicted molar refractivity (Wildman–Crippen MR) is 116 cm³/mol. The third kappa shape index (κ3) is 4.88. The van der Waals surface area contributed by atoms with Crippen molar-refractivity contribution in [2.75, 3.05) is 13.2 Å². The van der Waals surface area contributed by atoms with Crippen molar-refractivity contribution in [1.82, 2.24) is 20.4 Å². The van der Waals surface area contributed by atoms with E-state index in [1.165, 1.54) is 4.90 Å². The van der Waals surface area contributed by atoms with Crippen LogP contribution in [0.15, 0.2) is 47.0 Å². The molecule has 1 aliphatic heterocycles. The Bertz CT molecular complexity index is 1040. The van der Waals surface area contributed by atoms with Crippen molar-refractivity contribution < 1.29 is 24.0 Å². The summed E-state index contributed by atoms with van der Waals surface area (Å²) >= 11 is 0. The summed E-state index contributed by atoms with van der Waals surface area (Å²) in [4.78, 5) is 31.6. The van der Waals surface area contributed by atoms with E-state index in [0.29, 0.717) is 29.6 Å². The number of carbonyl (C=O) groups excluding carboxylic acids is 2. The number of amides is 2. The Morgan fingerprint density at radius 1 is 1.34 bits per heavy atom. The molecule has 32 heavy (non-hydrogen) atoms. The number of ether oxygens (including phenoxy) is 1. The monoisotopic (exact) mass is 438 g/mol. The lowest BCUT2D eigenvalue weighted by Gasteiger charge is -2.23. The molecule has 0 spiro atoms. The van der Waals surface area contributed by atoms with Crippen LogP contribution in [0.3, 0.4) is 0 Å². The Morgan fingerprint density at radius 3 is 3.00 bits per heavy atom. The molecule has 2 aromatic rings. The van der Waals surface area contributed by atoms with Gasteiger partial charge in [0.25, 0.3) is 11.8 Å². The number of likely N-dealkylation sites (tertiary alicyclic amines) is 1. The first-order valence-corrected chi connectivity index (χ1v) is 10.7. The van der Waals surface area contributed by atoms with Crippen LogP contribution in [0.25, 0.3) is 5.57 Å². The van der Waals surface area contributed by atoms with Crippen LogP contribution >= 0.6 is 0 Å². The van der Waals surface area contributed by atoms with Gasteiger partial charge in [0.1, 0.15) is 11.8 Å². The van der Waals surface area contributed by atoms with Gasteiger partial charge in [-0.25, -0.2) is 0 Å². The SMILES string of the molecule is CCOc1cccc(C(=O)N2C[C@H](O)C[C@H]2C(=O)NCc2noc(C3=CCCC=C3)n2)c1. The van der Waals surface area contributed by atoms with Crippen LogP contribution in [0.2, 0.25) is 0 Å². The van der Waals surface area contributed by atoms with Gasteiger partial charge in [0.2, 0.25) is 5.91 Å². The molecular formula is C23H26N4O5. The number of hydrogen-bond acceptors (Lipinski definition) is 7. The largest absolute Gasteiger partial charge is 0.494 e. The molecule has 1 aromatic carbocycles.